The lowest BCUT2D eigenvalue weighted by atomic mass is 9.79. The molecular formula is C18H27N7. The van der Waals surface area contributed by atoms with Crippen LogP contribution in [0.15, 0.2) is 30.9 Å². The smallest absolute Gasteiger partial charge is 0.159 e. The second-order valence-corrected chi connectivity index (χ2v) is 7.99. The molecule has 3 heterocycles. The van der Waals surface area contributed by atoms with Gasteiger partial charge in [0.05, 0.1) is 11.9 Å². The lowest BCUT2D eigenvalue weighted by Crippen LogP contribution is -2.60. The standard InChI is InChI=1S/C18H27N7/c1-17(2)8-13(9-18(3,4)25-17)24-16-14(19)15(21-11-22-16)23-12-6-5-7-20-10-12/h5-7,10-11,13,25H,8-9,19H2,1-4H3,(H2,21,22,23,24). The number of hydrogen-bond donors (Lipinski definition) is 4. The second kappa shape index (κ2) is 6.48. The summed E-state index contributed by atoms with van der Waals surface area (Å²) < 4.78 is 0. The predicted molar refractivity (Wildman–Crippen MR) is 102 cm³/mol. The Kier molecular flexibility index (Phi) is 4.51. The molecule has 5 N–H and O–H groups in total. The number of nitrogens with zero attached hydrogens (tertiary/aromatic N) is 3. The highest BCUT2D eigenvalue weighted by Crippen LogP contribution is 2.32. The summed E-state index contributed by atoms with van der Waals surface area (Å²) >= 11 is 0. The van der Waals surface area contributed by atoms with E-state index in [-0.39, 0.29) is 17.1 Å². The van der Waals surface area contributed by atoms with E-state index in [1.54, 1.807) is 12.4 Å². The molecule has 0 aliphatic carbocycles. The molecule has 0 amide bonds. The van der Waals surface area contributed by atoms with Crippen molar-refractivity contribution in [3.8, 4) is 0 Å². The van der Waals surface area contributed by atoms with E-state index in [0.717, 1.165) is 18.5 Å². The minimum Gasteiger partial charge on any atom is -0.393 e. The highest BCUT2D eigenvalue weighted by atomic mass is 15.1. The first-order chi connectivity index (χ1) is 11.7. The third-order valence-electron chi connectivity index (χ3n) is 4.34. The first-order valence-corrected chi connectivity index (χ1v) is 8.57. The van der Waals surface area contributed by atoms with Crippen LogP contribution in [-0.4, -0.2) is 32.1 Å². The largest absolute Gasteiger partial charge is 0.393 e. The highest BCUT2D eigenvalue weighted by Gasteiger charge is 2.37. The molecular weight excluding hydrogens is 314 g/mol. The summed E-state index contributed by atoms with van der Waals surface area (Å²) in [7, 11) is 0. The Labute approximate surface area is 148 Å². The van der Waals surface area contributed by atoms with Gasteiger partial charge in [0, 0.05) is 23.3 Å². The van der Waals surface area contributed by atoms with E-state index >= 15 is 0 Å². The zero-order valence-electron chi connectivity index (χ0n) is 15.3. The molecule has 0 bridgehead atoms. The molecule has 0 saturated carbocycles. The van der Waals surface area contributed by atoms with E-state index in [4.69, 9.17) is 5.73 Å². The number of anilines is 4. The monoisotopic (exact) mass is 341 g/mol. The number of nitrogens with two attached hydrogens (primary N) is 1. The summed E-state index contributed by atoms with van der Waals surface area (Å²) in [6, 6.07) is 4.06. The van der Waals surface area contributed by atoms with Gasteiger partial charge in [0.15, 0.2) is 11.6 Å². The summed E-state index contributed by atoms with van der Waals surface area (Å²) in [5, 5.41) is 10.4. The topological polar surface area (TPSA) is 101 Å². The van der Waals surface area contributed by atoms with Gasteiger partial charge in [-0.15, -0.1) is 0 Å². The van der Waals surface area contributed by atoms with Gasteiger partial charge in [0.2, 0.25) is 0 Å². The number of piperidine rings is 1. The van der Waals surface area contributed by atoms with Crippen molar-refractivity contribution in [2.75, 3.05) is 16.4 Å². The van der Waals surface area contributed by atoms with Gasteiger partial charge in [0.25, 0.3) is 0 Å². The first kappa shape index (κ1) is 17.4. The maximum Gasteiger partial charge on any atom is 0.159 e. The van der Waals surface area contributed by atoms with Gasteiger partial charge in [-0.25, -0.2) is 9.97 Å². The number of nitrogen functional groups attached to an aromatic ring is 1. The Bertz CT molecular complexity index is 711. The van der Waals surface area contributed by atoms with Crippen LogP contribution in [0.3, 0.4) is 0 Å². The highest BCUT2D eigenvalue weighted by molar-refractivity contribution is 5.77. The maximum absolute atomic E-state index is 6.30. The molecule has 1 saturated heterocycles. The molecule has 1 fully saturated rings. The molecule has 2 aromatic heterocycles. The van der Waals surface area contributed by atoms with Crippen molar-refractivity contribution in [1.29, 1.82) is 0 Å². The minimum absolute atomic E-state index is 0.0536. The molecule has 0 spiro atoms. The number of rotatable bonds is 4. The summed E-state index contributed by atoms with van der Waals surface area (Å²) in [4.78, 5) is 12.7. The SMILES string of the molecule is CC1(C)CC(Nc2ncnc(Nc3cccnc3)c2N)CC(C)(C)N1. The summed E-state index contributed by atoms with van der Waals surface area (Å²) in [5.74, 6) is 1.25. The average molecular weight is 341 g/mol. The quantitative estimate of drug-likeness (QED) is 0.678. The van der Waals surface area contributed by atoms with Gasteiger partial charge in [-0.05, 0) is 52.7 Å². The average Bonchev–Trinajstić information content (AvgIpc) is 2.49. The van der Waals surface area contributed by atoms with Crippen molar-refractivity contribution in [3.63, 3.8) is 0 Å². The molecule has 0 radical (unpaired) electrons. The Hall–Kier alpha value is -2.41. The molecule has 0 atom stereocenters. The van der Waals surface area contributed by atoms with Crippen molar-refractivity contribution in [1.82, 2.24) is 20.3 Å². The fourth-order valence-corrected chi connectivity index (χ4v) is 3.80. The van der Waals surface area contributed by atoms with Gasteiger partial charge in [-0.3, -0.25) is 4.98 Å². The van der Waals surface area contributed by atoms with E-state index in [1.165, 1.54) is 6.33 Å². The van der Waals surface area contributed by atoms with Crippen molar-refractivity contribution in [2.45, 2.75) is 57.7 Å². The van der Waals surface area contributed by atoms with Gasteiger partial charge in [-0.2, -0.15) is 0 Å². The zero-order chi connectivity index (χ0) is 18.1. The number of aromatic nitrogens is 3. The molecule has 2 aromatic rings. The van der Waals surface area contributed by atoms with Crippen LogP contribution in [0.25, 0.3) is 0 Å². The second-order valence-electron chi connectivity index (χ2n) is 7.99. The van der Waals surface area contributed by atoms with Gasteiger partial charge in [-0.1, -0.05) is 0 Å². The van der Waals surface area contributed by atoms with E-state index in [9.17, 15) is 0 Å². The zero-order valence-corrected chi connectivity index (χ0v) is 15.3. The Morgan fingerprint density at radius 1 is 1.12 bits per heavy atom. The molecule has 3 rings (SSSR count). The van der Waals surface area contributed by atoms with Crippen LogP contribution < -0.4 is 21.7 Å². The van der Waals surface area contributed by atoms with Crippen molar-refractivity contribution in [3.05, 3.63) is 30.9 Å². The Morgan fingerprint density at radius 2 is 1.80 bits per heavy atom. The Balaban J connectivity index is 1.78. The fourth-order valence-electron chi connectivity index (χ4n) is 3.80. The predicted octanol–water partition coefficient (Wildman–Crippen LogP) is 2.92. The van der Waals surface area contributed by atoms with Crippen LogP contribution in [0, 0.1) is 0 Å². The lowest BCUT2D eigenvalue weighted by Gasteiger charge is -2.46. The molecule has 0 aromatic carbocycles. The fraction of sp³-hybridized carbons (Fsp3) is 0.500. The van der Waals surface area contributed by atoms with Crippen molar-refractivity contribution in [2.24, 2.45) is 0 Å². The van der Waals surface area contributed by atoms with E-state index in [0.29, 0.717) is 17.3 Å². The van der Waals surface area contributed by atoms with Gasteiger partial charge in [0.1, 0.15) is 12.0 Å². The van der Waals surface area contributed by atoms with Gasteiger partial charge < -0.3 is 21.7 Å². The van der Waals surface area contributed by atoms with E-state index in [1.807, 2.05) is 12.1 Å². The number of pyridine rings is 1. The van der Waals surface area contributed by atoms with Gasteiger partial charge >= 0.3 is 0 Å². The van der Waals surface area contributed by atoms with Crippen LogP contribution in [0.4, 0.5) is 23.0 Å². The van der Waals surface area contributed by atoms with Crippen molar-refractivity contribution < 1.29 is 0 Å². The maximum atomic E-state index is 6.30. The third kappa shape index (κ3) is 4.36. The summed E-state index contributed by atoms with van der Waals surface area (Å²) in [6.45, 7) is 8.89. The van der Waals surface area contributed by atoms with E-state index < -0.39 is 0 Å². The molecule has 0 unspecified atom stereocenters. The molecule has 25 heavy (non-hydrogen) atoms. The first-order valence-electron chi connectivity index (χ1n) is 8.57. The molecule has 1 aliphatic heterocycles. The summed E-state index contributed by atoms with van der Waals surface area (Å²) in [5.41, 5.74) is 7.76. The van der Waals surface area contributed by atoms with E-state index in [2.05, 4.69) is 58.6 Å². The normalized spacial score (nSPS) is 19.4. The minimum atomic E-state index is 0.0536. The lowest BCUT2D eigenvalue weighted by molar-refractivity contribution is 0.170. The van der Waals surface area contributed by atoms with Crippen LogP contribution >= 0.6 is 0 Å². The van der Waals surface area contributed by atoms with Crippen LogP contribution in [-0.2, 0) is 0 Å². The Morgan fingerprint density at radius 3 is 2.44 bits per heavy atom. The number of nitrogens with one attached hydrogen (secondary N) is 3. The van der Waals surface area contributed by atoms with Crippen molar-refractivity contribution >= 4 is 23.0 Å². The third-order valence-corrected chi connectivity index (χ3v) is 4.34. The van der Waals surface area contributed by atoms with Crippen LogP contribution in [0.1, 0.15) is 40.5 Å². The molecule has 134 valence electrons. The molecule has 7 heteroatoms. The summed E-state index contributed by atoms with van der Waals surface area (Å²) in [6.07, 6.45) is 6.96. The van der Waals surface area contributed by atoms with Crippen LogP contribution in [0.5, 0.6) is 0 Å². The number of hydrogen-bond acceptors (Lipinski definition) is 7. The van der Waals surface area contributed by atoms with Crippen LogP contribution in [0.2, 0.25) is 0 Å². The molecule has 1 aliphatic rings. The molecule has 7 nitrogen and oxygen atoms in total.